The molecule has 104 valence electrons. The van der Waals surface area contributed by atoms with Gasteiger partial charge in [0.2, 0.25) is 0 Å². The van der Waals surface area contributed by atoms with Gasteiger partial charge in [0.05, 0.1) is 19.7 Å². The lowest BCUT2D eigenvalue weighted by molar-refractivity contribution is 0.154. The van der Waals surface area contributed by atoms with E-state index in [4.69, 9.17) is 9.15 Å². The SMILES string of the molecule is COCCN(C)Cc1cc(C)c(CNC(C)C)o1. The molecular weight excluding hydrogens is 228 g/mol. The number of methoxy groups -OCH3 is 1. The molecule has 0 spiro atoms. The Morgan fingerprint density at radius 3 is 2.78 bits per heavy atom. The van der Waals surface area contributed by atoms with Crippen molar-refractivity contribution in [1.82, 2.24) is 10.2 Å². The third-order valence-corrected chi connectivity index (χ3v) is 2.85. The summed E-state index contributed by atoms with van der Waals surface area (Å²) in [6, 6.07) is 2.60. The molecule has 0 aromatic carbocycles. The van der Waals surface area contributed by atoms with E-state index in [1.165, 1.54) is 5.56 Å². The van der Waals surface area contributed by atoms with Crippen molar-refractivity contribution >= 4 is 0 Å². The fourth-order valence-corrected chi connectivity index (χ4v) is 1.73. The summed E-state index contributed by atoms with van der Waals surface area (Å²) in [6.45, 7) is 9.65. The molecule has 1 aromatic heterocycles. The van der Waals surface area contributed by atoms with Gasteiger partial charge < -0.3 is 14.5 Å². The second kappa shape index (κ2) is 7.56. The number of nitrogens with one attached hydrogen (secondary N) is 1. The van der Waals surface area contributed by atoms with E-state index < -0.39 is 0 Å². The van der Waals surface area contributed by atoms with Gasteiger partial charge in [-0.05, 0) is 25.6 Å². The minimum Gasteiger partial charge on any atom is -0.463 e. The quantitative estimate of drug-likeness (QED) is 0.771. The van der Waals surface area contributed by atoms with Crippen molar-refractivity contribution in [1.29, 1.82) is 0 Å². The number of hydrogen-bond donors (Lipinski definition) is 1. The second-order valence-corrected chi connectivity index (χ2v) is 5.09. The molecule has 18 heavy (non-hydrogen) atoms. The van der Waals surface area contributed by atoms with Crippen LogP contribution in [0.4, 0.5) is 0 Å². The van der Waals surface area contributed by atoms with E-state index in [1.54, 1.807) is 7.11 Å². The first-order chi connectivity index (χ1) is 8.52. The summed E-state index contributed by atoms with van der Waals surface area (Å²) in [5.74, 6) is 2.06. The fourth-order valence-electron chi connectivity index (χ4n) is 1.73. The van der Waals surface area contributed by atoms with Crippen molar-refractivity contribution in [2.45, 2.75) is 39.9 Å². The Morgan fingerprint density at radius 2 is 2.17 bits per heavy atom. The van der Waals surface area contributed by atoms with Crippen LogP contribution in [0, 0.1) is 6.92 Å². The predicted molar refractivity (Wildman–Crippen MR) is 73.6 cm³/mol. The molecule has 0 aliphatic heterocycles. The molecule has 4 nitrogen and oxygen atoms in total. The summed E-state index contributed by atoms with van der Waals surface area (Å²) < 4.78 is 10.9. The van der Waals surface area contributed by atoms with Gasteiger partial charge >= 0.3 is 0 Å². The maximum absolute atomic E-state index is 5.87. The van der Waals surface area contributed by atoms with Crippen LogP contribution in [0.15, 0.2) is 10.5 Å². The van der Waals surface area contributed by atoms with Crippen LogP contribution in [-0.4, -0.2) is 38.3 Å². The average molecular weight is 254 g/mol. The normalized spacial score (nSPS) is 11.7. The van der Waals surface area contributed by atoms with E-state index in [2.05, 4.69) is 44.1 Å². The number of ether oxygens (including phenoxy) is 1. The molecular formula is C14H26N2O2. The number of aryl methyl sites for hydroxylation is 1. The Morgan fingerprint density at radius 1 is 1.44 bits per heavy atom. The van der Waals surface area contributed by atoms with Gasteiger partial charge in [-0.25, -0.2) is 0 Å². The van der Waals surface area contributed by atoms with E-state index in [0.717, 1.165) is 37.8 Å². The van der Waals surface area contributed by atoms with Crippen LogP contribution in [0.2, 0.25) is 0 Å². The Bertz CT molecular complexity index is 348. The van der Waals surface area contributed by atoms with Gasteiger partial charge in [0.1, 0.15) is 11.5 Å². The van der Waals surface area contributed by atoms with Crippen molar-refractivity contribution in [3.63, 3.8) is 0 Å². The summed E-state index contributed by atoms with van der Waals surface area (Å²) in [6.07, 6.45) is 0. The van der Waals surface area contributed by atoms with Crippen LogP contribution in [0.1, 0.15) is 30.9 Å². The summed E-state index contributed by atoms with van der Waals surface area (Å²) in [4.78, 5) is 2.20. The van der Waals surface area contributed by atoms with Crippen molar-refractivity contribution in [2.75, 3.05) is 27.3 Å². The standard InChI is InChI=1S/C14H26N2O2/c1-11(2)15-9-14-12(3)8-13(18-14)10-16(4)6-7-17-5/h8,11,15H,6-7,9-10H2,1-5H3. The summed E-state index contributed by atoms with van der Waals surface area (Å²) >= 11 is 0. The molecule has 0 bridgehead atoms. The number of likely N-dealkylation sites (N-methyl/N-ethyl adjacent to an activating group) is 1. The molecule has 1 heterocycles. The van der Waals surface area contributed by atoms with Gasteiger partial charge in [0, 0.05) is 19.7 Å². The molecule has 0 aliphatic carbocycles. The molecule has 0 radical (unpaired) electrons. The monoisotopic (exact) mass is 254 g/mol. The zero-order chi connectivity index (χ0) is 13.5. The first kappa shape index (κ1) is 15.2. The van der Waals surface area contributed by atoms with Crippen LogP contribution in [0.3, 0.4) is 0 Å². The van der Waals surface area contributed by atoms with Crippen LogP contribution >= 0.6 is 0 Å². The zero-order valence-electron chi connectivity index (χ0n) is 12.2. The zero-order valence-corrected chi connectivity index (χ0v) is 12.2. The Labute approximate surface area is 110 Å². The first-order valence-corrected chi connectivity index (χ1v) is 6.52. The maximum Gasteiger partial charge on any atom is 0.120 e. The molecule has 1 aromatic rings. The van der Waals surface area contributed by atoms with Crippen LogP contribution in [0.5, 0.6) is 0 Å². The molecule has 1 rings (SSSR count). The van der Waals surface area contributed by atoms with Crippen LogP contribution in [-0.2, 0) is 17.8 Å². The number of hydrogen-bond acceptors (Lipinski definition) is 4. The minimum atomic E-state index is 0.474. The molecule has 0 saturated carbocycles. The lowest BCUT2D eigenvalue weighted by atomic mass is 10.2. The predicted octanol–water partition coefficient (Wildman–Crippen LogP) is 2.16. The van der Waals surface area contributed by atoms with Crippen molar-refractivity contribution < 1.29 is 9.15 Å². The lowest BCUT2D eigenvalue weighted by Gasteiger charge is -2.13. The van der Waals surface area contributed by atoms with Crippen molar-refractivity contribution in [2.24, 2.45) is 0 Å². The van der Waals surface area contributed by atoms with Gasteiger partial charge in [-0.15, -0.1) is 0 Å². The topological polar surface area (TPSA) is 37.6 Å². The van der Waals surface area contributed by atoms with Crippen molar-refractivity contribution in [3.8, 4) is 0 Å². The first-order valence-electron chi connectivity index (χ1n) is 6.52. The van der Waals surface area contributed by atoms with E-state index in [1.807, 2.05) is 0 Å². The van der Waals surface area contributed by atoms with E-state index in [-0.39, 0.29) is 0 Å². The average Bonchev–Trinajstić information content (AvgIpc) is 2.64. The van der Waals surface area contributed by atoms with Crippen LogP contribution < -0.4 is 5.32 Å². The molecule has 1 N–H and O–H groups in total. The Balaban J connectivity index is 2.49. The highest BCUT2D eigenvalue weighted by molar-refractivity contribution is 5.20. The van der Waals surface area contributed by atoms with E-state index in [9.17, 15) is 0 Å². The van der Waals surface area contributed by atoms with E-state index in [0.29, 0.717) is 6.04 Å². The molecule has 0 unspecified atom stereocenters. The molecule has 0 saturated heterocycles. The maximum atomic E-state index is 5.87. The van der Waals surface area contributed by atoms with Crippen LogP contribution in [0.25, 0.3) is 0 Å². The minimum absolute atomic E-state index is 0.474. The molecule has 0 amide bonds. The Kier molecular flexibility index (Phi) is 6.39. The molecule has 0 atom stereocenters. The summed E-state index contributed by atoms with van der Waals surface area (Å²) in [5, 5.41) is 3.38. The highest BCUT2D eigenvalue weighted by Gasteiger charge is 2.09. The van der Waals surface area contributed by atoms with Gasteiger partial charge in [-0.2, -0.15) is 0 Å². The van der Waals surface area contributed by atoms with Gasteiger partial charge in [0.25, 0.3) is 0 Å². The largest absolute Gasteiger partial charge is 0.463 e. The summed E-state index contributed by atoms with van der Waals surface area (Å²) in [5.41, 5.74) is 1.22. The van der Waals surface area contributed by atoms with Gasteiger partial charge in [-0.1, -0.05) is 13.8 Å². The molecule has 0 fully saturated rings. The highest BCUT2D eigenvalue weighted by atomic mass is 16.5. The van der Waals surface area contributed by atoms with Crippen molar-refractivity contribution in [3.05, 3.63) is 23.2 Å². The second-order valence-electron chi connectivity index (χ2n) is 5.09. The number of rotatable bonds is 8. The molecule has 0 aliphatic rings. The van der Waals surface area contributed by atoms with Gasteiger partial charge in [-0.3, -0.25) is 4.90 Å². The number of nitrogens with zero attached hydrogens (tertiary/aromatic N) is 1. The number of furan rings is 1. The molecule has 4 heteroatoms. The Hall–Kier alpha value is -0.840. The van der Waals surface area contributed by atoms with E-state index >= 15 is 0 Å². The van der Waals surface area contributed by atoms with Gasteiger partial charge in [0.15, 0.2) is 0 Å². The highest BCUT2D eigenvalue weighted by Crippen LogP contribution is 2.16. The third-order valence-electron chi connectivity index (χ3n) is 2.85. The third kappa shape index (κ3) is 5.21. The smallest absolute Gasteiger partial charge is 0.120 e. The summed E-state index contributed by atoms with van der Waals surface area (Å²) in [7, 11) is 3.80. The fraction of sp³-hybridized carbons (Fsp3) is 0.714. The lowest BCUT2D eigenvalue weighted by Crippen LogP contribution is -2.22.